The lowest BCUT2D eigenvalue weighted by Crippen LogP contribution is -2.03. The summed E-state index contributed by atoms with van der Waals surface area (Å²) in [6.07, 6.45) is 1.81. The van der Waals surface area contributed by atoms with Gasteiger partial charge in [0.25, 0.3) is 5.91 Å². The van der Waals surface area contributed by atoms with Crippen molar-refractivity contribution in [1.29, 1.82) is 0 Å². The highest BCUT2D eigenvalue weighted by molar-refractivity contribution is 6.35. The predicted molar refractivity (Wildman–Crippen MR) is 95.1 cm³/mol. The minimum Gasteiger partial charge on any atom is -0.493 e. The maximum atomic E-state index is 12.3. The molecule has 0 aromatic heterocycles. The van der Waals surface area contributed by atoms with Crippen LogP contribution in [0.4, 0.5) is 5.69 Å². The van der Waals surface area contributed by atoms with Gasteiger partial charge in [0, 0.05) is 17.2 Å². The van der Waals surface area contributed by atoms with Gasteiger partial charge in [-0.3, -0.25) is 4.79 Å². The molecule has 6 nitrogen and oxygen atoms in total. The Balaban J connectivity index is 1.93. The highest BCUT2D eigenvalue weighted by Crippen LogP contribution is 2.41. The lowest BCUT2D eigenvalue weighted by atomic mass is 10.0. The molecule has 3 rings (SSSR count). The molecule has 1 amide bonds. The molecular weight excluding hydrogens is 322 g/mol. The zero-order valence-electron chi connectivity index (χ0n) is 14.0. The first kappa shape index (κ1) is 16.9. The van der Waals surface area contributed by atoms with E-state index in [-0.39, 0.29) is 19.1 Å². The normalized spacial score (nSPS) is 14.2. The fourth-order valence-corrected chi connectivity index (χ4v) is 2.65. The molecule has 0 bridgehead atoms. The monoisotopic (exact) mass is 341 g/mol. The van der Waals surface area contributed by atoms with Gasteiger partial charge < -0.3 is 24.6 Å². The van der Waals surface area contributed by atoms with Gasteiger partial charge in [-0.05, 0) is 29.8 Å². The van der Waals surface area contributed by atoms with Crippen LogP contribution in [0.3, 0.4) is 0 Å². The van der Waals surface area contributed by atoms with Crippen molar-refractivity contribution in [2.45, 2.75) is 0 Å². The van der Waals surface area contributed by atoms with Gasteiger partial charge in [0.1, 0.15) is 12.4 Å². The molecule has 0 aliphatic carbocycles. The Morgan fingerprint density at radius 2 is 1.76 bits per heavy atom. The summed E-state index contributed by atoms with van der Waals surface area (Å²) in [5.41, 5.74) is 2.88. The summed E-state index contributed by atoms with van der Waals surface area (Å²) >= 11 is 0. The van der Waals surface area contributed by atoms with Gasteiger partial charge in [0.05, 0.1) is 26.5 Å². The average Bonchev–Trinajstić information content (AvgIpc) is 2.94. The van der Waals surface area contributed by atoms with Gasteiger partial charge in [-0.2, -0.15) is 0 Å². The summed E-state index contributed by atoms with van der Waals surface area (Å²) in [4.78, 5) is 12.3. The number of rotatable bonds is 6. The summed E-state index contributed by atoms with van der Waals surface area (Å²) in [6, 6.07) is 10.8. The van der Waals surface area contributed by atoms with Crippen LogP contribution < -0.4 is 19.5 Å². The van der Waals surface area contributed by atoms with Crippen molar-refractivity contribution in [3.05, 3.63) is 47.5 Å². The molecule has 0 unspecified atom stereocenters. The van der Waals surface area contributed by atoms with Crippen molar-refractivity contribution < 1.29 is 24.1 Å². The van der Waals surface area contributed by atoms with Gasteiger partial charge in [-0.1, -0.05) is 12.1 Å². The fourth-order valence-electron chi connectivity index (χ4n) is 2.65. The van der Waals surface area contributed by atoms with E-state index >= 15 is 0 Å². The van der Waals surface area contributed by atoms with E-state index in [1.807, 2.05) is 18.2 Å². The van der Waals surface area contributed by atoms with Gasteiger partial charge >= 0.3 is 0 Å². The molecule has 1 aliphatic heterocycles. The molecule has 25 heavy (non-hydrogen) atoms. The third-order valence-corrected chi connectivity index (χ3v) is 3.86. The first-order valence-electron chi connectivity index (χ1n) is 7.79. The van der Waals surface area contributed by atoms with Crippen molar-refractivity contribution in [2.24, 2.45) is 0 Å². The number of amides is 1. The zero-order valence-corrected chi connectivity index (χ0v) is 14.0. The van der Waals surface area contributed by atoms with Crippen LogP contribution in [0.5, 0.6) is 17.2 Å². The van der Waals surface area contributed by atoms with Crippen LogP contribution in [0.25, 0.3) is 11.6 Å². The highest BCUT2D eigenvalue weighted by atomic mass is 16.5. The van der Waals surface area contributed by atoms with E-state index in [1.165, 1.54) is 0 Å². The molecule has 6 heteroatoms. The third-order valence-electron chi connectivity index (χ3n) is 3.86. The quantitative estimate of drug-likeness (QED) is 0.790. The van der Waals surface area contributed by atoms with Crippen molar-refractivity contribution in [2.75, 3.05) is 32.8 Å². The number of methoxy groups -OCH3 is 2. The van der Waals surface area contributed by atoms with E-state index in [0.29, 0.717) is 28.5 Å². The van der Waals surface area contributed by atoms with Crippen LogP contribution in [-0.2, 0) is 4.79 Å². The Bertz CT molecular complexity index is 811. The Kier molecular flexibility index (Phi) is 4.90. The SMILES string of the molecule is COc1cc2c(cc1OC)/C(=C\c1ccc(OCCO)cc1)C(=O)N2. The number of hydrogen-bond acceptors (Lipinski definition) is 5. The van der Waals surface area contributed by atoms with E-state index in [0.717, 1.165) is 11.1 Å². The van der Waals surface area contributed by atoms with E-state index in [9.17, 15) is 4.79 Å². The summed E-state index contributed by atoms with van der Waals surface area (Å²) in [5, 5.41) is 11.6. The number of ether oxygens (including phenoxy) is 3. The van der Waals surface area contributed by atoms with E-state index in [2.05, 4.69) is 5.32 Å². The summed E-state index contributed by atoms with van der Waals surface area (Å²) < 4.78 is 15.9. The maximum absolute atomic E-state index is 12.3. The molecule has 2 N–H and O–H groups in total. The van der Waals surface area contributed by atoms with Gasteiger partial charge in [-0.15, -0.1) is 0 Å². The smallest absolute Gasteiger partial charge is 0.256 e. The molecule has 1 aliphatic rings. The second kappa shape index (κ2) is 7.27. The molecule has 0 atom stereocenters. The van der Waals surface area contributed by atoms with Crippen molar-refractivity contribution in [3.63, 3.8) is 0 Å². The second-order valence-corrected chi connectivity index (χ2v) is 5.41. The summed E-state index contributed by atoms with van der Waals surface area (Å²) in [5.74, 6) is 1.62. The van der Waals surface area contributed by atoms with E-state index in [4.69, 9.17) is 19.3 Å². The predicted octanol–water partition coefficient (Wildman–Crippen LogP) is 2.57. The summed E-state index contributed by atoms with van der Waals surface area (Å²) in [7, 11) is 3.11. The molecule has 2 aromatic carbocycles. The van der Waals surface area contributed by atoms with Crippen LogP contribution in [0.2, 0.25) is 0 Å². The molecule has 1 heterocycles. The molecule has 0 fully saturated rings. The minimum atomic E-state index is -0.175. The maximum Gasteiger partial charge on any atom is 0.256 e. The standard InChI is InChI=1S/C19H19NO5/c1-23-17-10-14-15(19(22)20-16(14)11-18(17)24-2)9-12-3-5-13(6-4-12)25-8-7-21/h3-6,9-11,21H,7-8H2,1-2H3,(H,20,22)/b15-9+. The largest absolute Gasteiger partial charge is 0.493 e. The molecule has 0 spiro atoms. The molecule has 0 saturated carbocycles. The van der Waals surface area contributed by atoms with Gasteiger partial charge in [0.2, 0.25) is 0 Å². The Morgan fingerprint density at radius 1 is 1.08 bits per heavy atom. The Hall–Kier alpha value is -2.99. The number of carbonyl (C=O) groups excluding carboxylic acids is 1. The number of fused-ring (bicyclic) bond motifs is 1. The van der Waals surface area contributed by atoms with E-state index < -0.39 is 0 Å². The number of carbonyl (C=O) groups is 1. The number of hydrogen-bond donors (Lipinski definition) is 2. The topological polar surface area (TPSA) is 77.0 Å². The van der Waals surface area contributed by atoms with Crippen molar-refractivity contribution in [1.82, 2.24) is 0 Å². The number of nitrogens with one attached hydrogen (secondary N) is 1. The first-order valence-corrected chi connectivity index (χ1v) is 7.79. The van der Waals surface area contributed by atoms with Crippen molar-refractivity contribution in [3.8, 4) is 17.2 Å². The molecule has 0 saturated heterocycles. The number of anilines is 1. The summed E-state index contributed by atoms with van der Waals surface area (Å²) in [6.45, 7) is 0.214. The molecular formula is C19H19NO5. The highest BCUT2D eigenvalue weighted by Gasteiger charge is 2.26. The third kappa shape index (κ3) is 3.44. The Morgan fingerprint density at radius 3 is 2.40 bits per heavy atom. The lowest BCUT2D eigenvalue weighted by molar-refractivity contribution is -0.110. The van der Waals surface area contributed by atoms with Gasteiger partial charge in [-0.25, -0.2) is 0 Å². The number of aliphatic hydroxyl groups excluding tert-OH is 1. The number of aliphatic hydroxyl groups is 1. The molecule has 2 aromatic rings. The van der Waals surface area contributed by atoms with Crippen LogP contribution in [-0.4, -0.2) is 38.4 Å². The lowest BCUT2D eigenvalue weighted by Gasteiger charge is -2.09. The Labute approximate surface area is 145 Å². The van der Waals surface area contributed by atoms with Crippen LogP contribution in [0.15, 0.2) is 36.4 Å². The molecule has 130 valence electrons. The minimum absolute atomic E-state index is 0.0337. The number of benzene rings is 2. The second-order valence-electron chi connectivity index (χ2n) is 5.41. The van der Waals surface area contributed by atoms with Crippen LogP contribution in [0.1, 0.15) is 11.1 Å². The van der Waals surface area contributed by atoms with Crippen LogP contribution in [0, 0.1) is 0 Å². The molecule has 0 radical (unpaired) electrons. The van der Waals surface area contributed by atoms with E-state index in [1.54, 1.807) is 38.5 Å². The fraction of sp³-hybridized carbons (Fsp3) is 0.211. The zero-order chi connectivity index (χ0) is 17.8. The average molecular weight is 341 g/mol. The van der Waals surface area contributed by atoms with Gasteiger partial charge in [0.15, 0.2) is 11.5 Å². The first-order chi connectivity index (χ1) is 12.2. The van der Waals surface area contributed by atoms with Crippen molar-refractivity contribution >= 4 is 23.2 Å². The van der Waals surface area contributed by atoms with Crippen LogP contribution >= 0.6 is 0 Å².